The highest BCUT2D eigenvalue weighted by molar-refractivity contribution is 6.40. The van der Waals surface area contributed by atoms with E-state index in [0.29, 0.717) is 16.8 Å². The van der Waals surface area contributed by atoms with Gasteiger partial charge in [0.05, 0.1) is 30.1 Å². The summed E-state index contributed by atoms with van der Waals surface area (Å²) < 4.78 is 10.7. The van der Waals surface area contributed by atoms with Crippen molar-refractivity contribution in [1.29, 1.82) is 0 Å². The Hall–Kier alpha value is -5.77. The van der Waals surface area contributed by atoms with E-state index in [9.17, 15) is 19.2 Å². The van der Waals surface area contributed by atoms with Gasteiger partial charge in [-0.2, -0.15) is 5.10 Å². The summed E-state index contributed by atoms with van der Waals surface area (Å²) in [6.07, 6.45) is 1.29. The summed E-state index contributed by atoms with van der Waals surface area (Å²) in [5.74, 6) is -2.58. The molecular formula is C31H26N4O6. The van der Waals surface area contributed by atoms with Gasteiger partial charge in [0.1, 0.15) is 0 Å². The molecule has 0 aliphatic heterocycles. The van der Waals surface area contributed by atoms with Gasteiger partial charge < -0.3 is 20.1 Å². The Balaban J connectivity index is 1.36. The fraction of sp³-hybridized carbons (Fsp3) is 0.0645. The summed E-state index contributed by atoms with van der Waals surface area (Å²) in [5, 5.41) is 9.03. The van der Waals surface area contributed by atoms with E-state index in [1.165, 1.54) is 31.5 Å². The number of aryl methyl sites for hydroxylation is 1. The number of hydrogen-bond acceptors (Lipinski definition) is 7. The van der Waals surface area contributed by atoms with Gasteiger partial charge in [0.25, 0.3) is 5.91 Å². The third-order valence-corrected chi connectivity index (χ3v) is 5.68. The first-order chi connectivity index (χ1) is 19.8. The van der Waals surface area contributed by atoms with E-state index >= 15 is 0 Å². The first-order valence-corrected chi connectivity index (χ1v) is 12.4. The van der Waals surface area contributed by atoms with Gasteiger partial charge in [0, 0.05) is 5.69 Å². The molecule has 0 saturated heterocycles. The second-order valence-electron chi connectivity index (χ2n) is 8.69. The zero-order valence-corrected chi connectivity index (χ0v) is 22.2. The van der Waals surface area contributed by atoms with Crippen molar-refractivity contribution in [1.82, 2.24) is 5.43 Å². The molecule has 4 aromatic rings. The van der Waals surface area contributed by atoms with Crippen molar-refractivity contribution in [2.45, 2.75) is 6.92 Å². The van der Waals surface area contributed by atoms with E-state index in [4.69, 9.17) is 9.47 Å². The molecule has 4 aromatic carbocycles. The standard InChI is InChI=1S/C31H26N4O6/c1-20-9-8-12-23(17-20)33-28(36)24-13-6-7-14-25(24)34-29(37)30(38)35-32-19-21-15-16-26(27(18-21)40-2)41-31(39)22-10-4-3-5-11-22/h3-19H,1-2H3,(H,33,36)(H,34,37)(H,35,38). The molecule has 41 heavy (non-hydrogen) atoms. The van der Waals surface area contributed by atoms with E-state index in [-0.39, 0.29) is 22.7 Å². The quantitative estimate of drug-likeness (QED) is 0.0968. The van der Waals surface area contributed by atoms with Crippen LogP contribution in [0.25, 0.3) is 0 Å². The molecule has 10 nitrogen and oxygen atoms in total. The van der Waals surface area contributed by atoms with Crippen LogP contribution in [0.3, 0.4) is 0 Å². The molecule has 3 amide bonds. The summed E-state index contributed by atoms with van der Waals surface area (Å²) in [6.45, 7) is 1.90. The van der Waals surface area contributed by atoms with E-state index in [2.05, 4.69) is 21.2 Å². The van der Waals surface area contributed by atoms with Crippen molar-refractivity contribution < 1.29 is 28.7 Å². The molecule has 206 valence electrons. The second-order valence-corrected chi connectivity index (χ2v) is 8.69. The molecule has 4 rings (SSSR count). The molecular weight excluding hydrogens is 524 g/mol. The van der Waals surface area contributed by atoms with Gasteiger partial charge in [-0.1, -0.05) is 42.5 Å². The van der Waals surface area contributed by atoms with E-state index < -0.39 is 23.7 Å². The number of nitrogens with one attached hydrogen (secondary N) is 3. The summed E-state index contributed by atoms with van der Waals surface area (Å²) in [4.78, 5) is 50.0. The molecule has 0 heterocycles. The molecule has 3 N–H and O–H groups in total. The number of para-hydroxylation sites is 1. The van der Waals surface area contributed by atoms with Crippen molar-refractivity contribution in [3.05, 3.63) is 119 Å². The zero-order valence-electron chi connectivity index (χ0n) is 22.2. The van der Waals surface area contributed by atoms with E-state index in [0.717, 1.165) is 5.56 Å². The van der Waals surface area contributed by atoms with Crippen molar-refractivity contribution in [2.75, 3.05) is 17.7 Å². The van der Waals surface area contributed by atoms with E-state index in [1.807, 2.05) is 25.1 Å². The topological polar surface area (TPSA) is 135 Å². The Morgan fingerprint density at radius 2 is 1.51 bits per heavy atom. The molecule has 0 saturated carbocycles. The summed E-state index contributed by atoms with van der Waals surface area (Å²) in [7, 11) is 1.42. The lowest BCUT2D eigenvalue weighted by Crippen LogP contribution is -2.33. The number of nitrogens with zero attached hydrogens (tertiary/aromatic N) is 1. The SMILES string of the molecule is COc1cc(C=NNC(=O)C(=O)Nc2ccccc2C(=O)Nc2cccc(C)c2)ccc1OC(=O)c1ccccc1. The van der Waals surface area contributed by atoms with Gasteiger partial charge in [-0.05, 0) is 72.6 Å². The lowest BCUT2D eigenvalue weighted by molar-refractivity contribution is -0.136. The summed E-state index contributed by atoms with van der Waals surface area (Å²) in [6, 6.07) is 26.8. The Bertz CT molecular complexity index is 1620. The van der Waals surface area contributed by atoms with Crippen LogP contribution in [-0.4, -0.2) is 37.0 Å². The molecule has 0 aliphatic rings. The average molecular weight is 551 g/mol. The molecule has 10 heteroatoms. The Kier molecular flexibility index (Phi) is 9.19. The number of hydrazone groups is 1. The largest absolute Gasteiger partial charge is 0.493 e. The third-order valence-electron chi connectivity index (χ3n) is 5.68. The Labute approximate surface area is 236 Å². The number of hydrogen-bond donors (Lipinski definition) is 3. The van der Waals surface area contributed by atoms with Crippen LogP contribution in [0.15, 0.2) is 102 Å². The van der Waals surface area contributed by atoms with Crippen LogP contribution in [0.1, 0.15) is 31.8 Å². The number of carbonyl (C=O) groups is 4. The van der Waals surface area contributed by atoms with Crippen LogP contribution in [0, 0.1) is 6.92 Å². The van der Waals surface area contributed by atoms with Gasteiger partial charge in [-0.25, -0.2) is 10.2 Å². The maximum atomic E-state index is 12.8. The number of amides is 3. The number of methoxy groups -OCH3 is 1. The molecule has 0 aliphatic carbocycles. The van der Waals surface area contributed by atoms with Crippen LogP contribution in [0.2, 0.25) is 0 Å². The maximum absolute atomic E-state index is 12.8. The molecule has 0 radical (unpaired) electrons. The van der Waals surface area contributed by atoms with Crippen LogP contribution < -0.4 is 25.5 Å². The highest BCUT2D eigenvalue weighted by atomic mass is 16.6. The van der Waals surface area contributed by atoms with Crippen LogP contribution in [0.4, 0.5) is 11.4 Å². The minimum atomic E-state index is -1.05. The number of rotatable bonds is 8. The predicted octanol–water partition coefficient (Wildman–Crippen LogP) is 4.56. The number of carbonyl (C=O) groups excluding carboxylic acids is 4. The normalized spacial score (nSPS) is 10.5. The van der Waals surface area contributed by atoms with Crippen molar-refractivity contribution in [2.24, 2.45) is 5.10 Å². The molecule has 0 atom stereocenters. The van der Waals surface area contributed by atoms with Crippen molar-refractivity contribution in [3.8, 4) is 11.5 Å². The van der Waals surface area contributed by atoms with Crippen LogP contribution >= 0.6 is 0 Å². The van der Waals surface area contributed by atoms with Gasteiger partial charge in [-0.3, -0.25) is 14.4 Å². The molecule has 0 spiro atoms. The first kappa shape index (κ1) is 28.2. The van der Waals surface area contributed by atoms with E-state index in [1.54, 1.807) is 60.7 Å². The summed E-state index contributed by atoms with van der Waals surface area (Å²) in [5.41, 5.74) is 4.94. The lowest BCUT2D eigenvalue weighted by atomic mass is 10.1. The Morgan fingerprint density at radius 3 is 2.27 bits per heavy atom. The predicted molar refractivity (Wildman–Crippen MR) is 154 cm³/mol. The lowest BCUT2D eigenvalue weighted by Gasteiger charge is -2.11. The number of benzene rings is 4. The molecule has 0 bridgehead atoms. The molecule has 0 fully saturated rings. The number of ether oxygens (including phenoxy) is 2. The van der Waals surface area contributed by atoms with Gasteiger partial charge >= 0.3 is 17.8 Å². The van der Waals surface area contributed by atoms with Crippen molar-refractivity contribution >= 4 is 41.3 Å². The molecule has 0 unspecified atom stereocenters. The highest BCUT2D eigenvalue weighted by Gasteiger charge is 2.18. The minimum Gasteiger partial charge on any atom is -0.493 e. The van der Waals surface area contributed by atoms with Crippen LogP contribution in [-0.2, 0) is 9.59 Å². The maximum Gasteiger partial charge on any atom is 0.343 e. The fourth-order valence-electron chi connectivity index (χ4n) is 3.69. The van der Waals surface area contributed by atoms with Gasteiger partial charge in [-0.15, -0.1) is 0 Å². The smallest absolute Gasteiger partial charge is 0.343 e. The van der Waals surface area contributed by atoms with Gasteiger partial charge in [0.15, 0.2) is 11.5 Å². The van der Waals surface area contributed by atoms with Crippen LogP contribution in [0.5, 0.6) is 11.5 Å². The van der Waals surface area contributed by atoms with Crippen molar-refractivity contribution in [3.63, 3.8) is 0 Å². The van der Waals surface area contributed by atoms with Gasteiger partial charge in [0.2, 0.25) is 0 Å². The highest BCUT2D eigenvalue weighted by Crippen LogP contribution is 2.28. The average Bonchev–Trinajstić information content (AvgIpc) is 2.98. The number of anilines is 2. The fourth-order valence-corrected chi connectivity index (χ4v) is 3.69. The first-order valence-electron chi connectivity index (χ1n) is 12.4. The Morgan fingerprint density at radius 1 is 0.756 bits per heavy atom. The summed E-state index contributed by atoms with van der Waals surface area (Å²) >= 11 is 0. The third kappa shape index (κ3) is 7.64. The number of esters is 1. The second kappa shape index (κ2) is 13.3. The minimum absolute atomic E-state index is 0.159. The molecule has 0 aromatic heterocycles. The monoisotopic (exact) mass is 550 g/mol. The zero-order chi connectivity index (χ0) is 29.2.